The van der Waals surface area contributed by atoms with Gasteiger partial charge in [-0.05, 0) is 35.3 Å². The van der Waals surface area contributed by atoms with Gasteiger partial charge in [-0.1, -0.05) is 34.6 Å². The van der Waals surface area contributed by atoms with Gasteiger partial charge < -0.3 is 9.32 Å². The van der Waals surface area contributed by atoms with Crippen LogP contribution in [0.5, 0.6) is 0 Å². The summed E-state index contributed by atoms with van der Waals surface area (Å²) in [6.07, 6.45) is 1.52. The van der Waals surface area contributed by atoms with E-state index >= 15 is 0 Å². The van der Waals surface area contributed by atoms with Crippen LogP contribution in [-0.4, -0.2) is 18.1 Å². The first-order valence-corrected chi connectivity index (χ1v) is 8.12. The second kappa shape index (κ2) is 5.04. The molecule has 0 radical (unpaired) electrons. The van der Waals surface area contributed by atoms with Crippen molar-refractivity contribution in [2.24, 2.45) is 23.2 Å². The molecule has 0 amide bonds. The van der Waals surface area contributed by atoms with Crippen molar-refractivity contribution in [3.8, 4) is 0 Å². The first kappa shape index (κ1) is 14.4. The number of piperidine rings is 1. The van der Waals surface area contributed by atoms with Gasteiger partial charge in [0, 0.05) is 24.8 Å². The quantitative estimate of drug-likeness (QED) is 0.768. The van der Waals surface area contributed by atoms with E-state index in [0.29, 0.717) is 5.41 Å². The first-order chi connectivity index (χ1) is 10.0. The normalized spacial score (nSPS) is 27.3. The Morgan fingerprint density at radius 3 is 2.43 bits per heavy atom. The van der Waals surface area contributed by atoms with Crippen LogP contribution in [0, 0.1) is 23.2 Å². The van der Waals surface area contributed by atoms with Crippen molar-refractivity contribution in [3.05, 3.63) is 24.6 Å². The molecule has 0 bridgehead atoms. The summed E-state index contributed by atoms with van der Waals surface area (Å²) in [6, 6.07) is 6.35. The molecular formula is C18H26N2O. The van der Waals surface area contributed by atoms with E-state index in [0.717, 1.165) is 28.9 Å². The summed E-state index contributed by atoms with van der Waals surface area (Å²) >= 11 is 0. The van der Waals surface area contributed by atoms with Crippen molar-refractivity contribution in [2.45, 2.75) is 34.6 Å². The van der Waals surface area contributed by atoms with Crippen molar-refractivity contribution in [2.75, 3.05) is 18.0 Å². The minimum absolute atomic E-state index is 0.469. The van der Waals surface area contributed by atoms with E-state index in [2.05, 4.69) is 48.9 Å². The number of nitrogens with zero attached hydrogens (tertiary/aromatic N) is 2. The Balaban J connectivity index is 0.000000636. The Kier molecular flexibility index (Phi) is 3.46. The number of hydrogen-bond acceptors (Lipinski definition) is 3. The highest BCUT2D eigenvalue weighted by Crippen LogP contribution is 2.60. The Bertz CT molecular complexity index is 613. The summed E-state index contributed by atoms with van der Waals surface area (Å²) < 4.78 is 5.39. The fourth-order valence-electron chi connectivity index (χ4n) is 4.06. The third-order valence-electron chi connectivity index (χ3n) is 4.87. The third-order valence-corrected chi connectivity index (χ3v) is 4.87. The number of aromatic nitrogens is 1. The maximum absolute atomic E-state index is 5.39. The van der Waals surface area contributed by atoms with Crippen molar-refractivity contribution >= 4 is 16.8 Å². The molecule has 1 aliphatic heterocycles. The van der Waals surface area contributed by atoms with Crippen LogP contribution in [0.4, 0.5) is 5.69 Å². The highest BCUT2D eigenvalue weighted by atomic mass is 16.3. The molecule has 2 atom stereocenters. The summed E-state index contributed by atoms with van der Waals surface area (Å²) in [5.74, 6) is 2.70. The predicted octanol–water partition coefficient (Wildman–Crippen LogP) is 4.58. The molecule has 2 aliphatic rings. The topological polar surface area (TPSA) is 29.3 Å². The van der Waals surface area contributed by atoms with Crippen LogP contribution in [0.15, 0.2) is 29.0 Å². The van der Waals surface area contributed by atoms with E-state index in [1.807, 2.05) is 13.8 Å². The minimum Gasteiger partial charge on any atom is -0.443 e. The smallest absolute Gasteiger partial charge is 0.181 e. The van der Waals surface area contributed by atoms with Gasteiger partial charge in [0.15, 0.2) is 12.0 Å². The lowest BCUT2D eigenvalue weighted by Gasteiger charge is -2.27. The van der Waals surface area contributed by atoms with Crippen molar-refractivity contribution in [1.29, 1.82) is 0 Å². The van der Waals surface area contributed by atoms with Gasteiger partial charge in [0.2, 0.25) is 0 Å². The zero-order valence-corrected chi connectivity index (χ0v) is 13.8. The van der Waals surface area contributed by atoms with Crippen molar-refractivity contribution < 1.29 is 4.42 Å². The molecule has 3 nitrogen and oxygen atoms in total. The van der Waals surface area contributed by atoms with Crippen molar-refractivity contribution in [3.63, 3.8) is 0 Å². The number of fused-ring (bicyclic) bond motifs is 2. The molecule has 1 saturated heterocycles. The van der Waals surface area contributed by atoms with Crippen LogP contribution in [0.1, 0.15) is 34.6 Å². The van der Waals surface area contributed by atoms with E-state index in [1.165, 1.54) is 25.2 Å². The van der Waals surface area contributed by atoms with E-state index in [-0.39, 0.29) is 0 Å². The average molecular weight is 286 g/mol. The maximum atomic E-state index is 5.39. The van der Waals surface area contributed by atoms with Gasteiger partial charge in [0.1, 0.15) is 5.52 Å². The van der Waals surface area contributed by atoms with E-state index in [4.69, 9.17) is 4.42 Å². The first-order valence-electron chi connectivity index (χ1n) is 8.12. The second-order valence-electron chi connectivity index (χ2n) is 7.13. The van der Waals surface area contributed by atoms with Gasteiger partial charge in [-0.25, -0.2) is 4.98 Å². The molecule has 1 aromatic carbocycles. The van der Waals surface area contributed by atoms with Gasteiger partial charge in [-0.3, -0.25) is 0 Å². The molecule has 0 spiro atoms. The SMILES string of the molecule is CC.CC(C)(C)C1C2CN(c3ccc4ncoc4c3)CC21. The molecule has 2 unspecified atom stereocenters. The zero-order chi connectivity index (χ0) is 15.2. The second-order valence-corrected chi connectivity index (χ2v) is 7.13. The van der Waals surface area contributed by atoms with Gasteiger partial charge >= 0.3 is 0 Å². The lowest BCUT2D eigenvalue weighted by molar-refractivity contribution is 0.309. The number of anilines is 1. The number of rotatable bonds is 1. The van der Waals surface area contributed by atoms with E-state index in [1.54, 1.807) is 0 Å². The fraction of sp³-hybridized carbons (Fsp3) is 0.611. The molecule has 21 heavy (non-hydrogen) atoms. The van der Waals surface area contributed by atoms with Gasteiger partial charge in [0.25, 0.3) is 0 Å². The molecule has 0 N–H and O–H groups in total. The lowest BCUT2D eigenvalue weighted by Crippen LogP contribution is -2.27. The Labute approximate surface area is 127 Å². The largest absolute Gasteiger partial charge is 0.443 e. The lowest BCUT2D eigenvalue weighted by atomic mass is 9.87. The summed E-state index contributed by atoms with van der Waals surface area (Å²) in [5, 5.41) is 0. The molecule has 2 fully saturated rings. The monoisotopic (exact) mass is 286 g/mol. The molecule has 2 aromatic rings. The summed E-state index contributed by atoms with van der Waals surface area (Å²) in [7, 11) is 0. The predicted molar refractivity (Wildman–Crippen MR) is 87.5 cm³/mol. The number of benzene rings is 1. The summed E-state index contributed by atoms with van der Waals surface area (Å²) in [4.78, 5) is 6.67. The summed E-state index contributed by atoms with van der Waals surface area (Å²) in [5.41, 5.74) is 3.59. The third kappa shape index (κ3) is 2.43. The van der Waals surface area contributed by atoms with Crippen LogP contribution < -0.4 is 4.90 Å². The molecule has 114 valence electrons. The van der Waals surface area contributed by atoms with Crippen LogP contribution in [0.25, 0.3) is 11.1 Å². The minimum atomic E-state index is 0.469. The van der Waals surface area contributed by atoms with Gasteiger partial charge in [-0.15, -0.1) is 0 Å². The molecule has 1 aliphatic carbocycles. The standard InChI is InChI=1S/C16H20N2O.C2H6/c1-16(2,3)15-11-7-18(8-12(11)15)10-4-5-13-14(6-10)19-9-17-13;1-2/h4-6,9,11-12,15H,7-8H2,1-3H3;1-2H3. The summed E-state index contributed by atoms with van der Waals surface area (Å²) in [6.45, 7) is 13.5. The molecule has 4 rings (SSSR count). The zero-order valence-electron chi connectivity index (χ0n) is 13.8. The Hall–Kier alpha value is -1.51. The molecular weight excluding hydrogens is 260 g/mol. The Morgan fingerprint density at radius 1 is 1.14 bits per heavy atom. The average Bonchev–Trinajstić information content (AvgIpc) is 2.84. The maximum Gasteiger partial charge on any atom is 0.181 e. The highest BCUT2D eigenvalue weighted by Gasteiger charge is 2.59. The van der Waals surface area contributed by atoms with Crippen molar-refractivity contribution in [1.82, 2.24) is 4.98 Å². The highest BCUT2D eigenvalue weighted by molar-refractivity contribution is 5.77. The molecule has 1 aromatic heterocycles. The van der Waals surface area contributed by atoms with Crippen LogP contribution in [0.2, 0.25) is 0 Å². The van der Waals surface area contributed by atoms with E-state index in [9.17, 15) is 0 Å². The molecule has 3 heteroatoms. The van der Waals surface area contributed by atoms with Crippen LogP contribution in [-0.2, 0) is 0 Å². The van der Waals surface area contributed by atoms with Crippen LogP contribution in [0.3, 0.4) is 0 Å². The van der Waals surface area contributed by atoms with Crippen LogP contribution >= 0.6 is 0 Å². The fourth-order valence-corrected chi connectivity index (χ4v) is 4.06. The number of oxazole rings is 1. The van der Waals surface area contributed by atoms with Gasteiger partial charge in [0.05, 0.1) is 0 Å². The van der Waals surface area contributed by atoms with E-state index < -0.39 is 0 Å². The molecule has 1 saturated carbocycles. The molecule has 2 heterocycles. The number of hydrogen-bond donors (Lipinski definition) is 0. The van der Waals surface area contributed by atoms with Gasteiger partial charge in [-0.2, -0.15) is 0 Å². The Morgan fingerprint density at radius 2 is 1.81 bits per heavy atom.